The summed E-state index contributed by atoms with van der Waals surface area (Å²) in [5.41, 5.74) is 1.13. The van der Waals surface area contributed by atoms with Crippen molar-refractivity contribution in [3.05, 3.63) is 11.6 Å². The van der Waals surface area contributed by atoms with Crippen molar-refractivity contribution in [2.75, 3.05) is 12.3 Å². The zero-order valence-electron chi connectivity index (χ0n) is 11.3. The van der Waals surface area contributed by atoms with E-state index in [9.17, 15) is 14.7 Å². The summed E-state index contributed by atoms with van der Waals surface area (Å²) in [5, 5.41) is 12.0. The van der Waals surface area contributed by atoms with Crippen LogP contribution in [-0.2, 0) is 4.79 Å². The Morgan fingerprint density at radius 2 is 2.11 bits per heavy atom. The second-order valence-corrected chi connectivity index (χ2v) is 6.44. The van der Waals surface area contributed by atoms with Crippen molar-refractivity contribution in [1.82, 2.24) is 10.2 Å². The van der Waals surface area contributed by atoms with E-state index in [1.54, 1.807) is 11.8 Å². The van der Waals surface area contributed by atoms with Crippen LogP contribution < -0.4 is 5.32 Å². The number of thioether (sulfide) groups is 1. The molecule has 2 rings (SSSR count). The molecule has 2 atom stereocenters. The highest BCUT2D eigenvalue weighted by Gasteiger charge is 2.47. The van der Waals surface area contributed by atoms with Crippen molar-refractivity contribution in [2.24, 2.45) is 5.92 Å². The first-order valence-electron chi connectivity index (χ1n) is 6.54. The average molecular weight is 284 g/mol. The fourth-order valence-electron chi connectivity index (χ4n) is 2.15. The molecule has 5 nitrogen and oxygen atoms in total. The SMILES string of the molecule is CC(C)=CCNC(=O)N1C(C(=O)O)CSC1C1CC1. The molecule has 2 aliphatic rings. The van der Waals surface area contributed by atoms with E-state index in [2.05, 4.69) is 5.32 Å². The number of rotatable bonds is 4. The Morgan fingerprint density at radius 3 is 2.63 bits per heavy atom. The molecule has 1 heterocycles. The topological polar surface area (TPSA) is 69.6 Å². The first-order chi connectivity index (χ1) is 9.00. The van der Waals surface area contributed by atoms with Crippen LogP contribution >= 0.6 is 11.8 Å². The van der Waals surface area contributed by atoms with Gasteiger partial charge in [0, 0.05) is 12.3 Å². The van der Waals surface area contributed by atoms with Crippen molar-refractivity contribution in [3.63, 3.8) is 0 Å². The predicted molar refractivity (Wildman–Crippen MR) is 75.1 cm³/mol. The molecule has 2 fully saturated rings. The first kappa shape index (κ1) is 14.2. The third-order valence-corrected chi connectivity index (χ3v) is 4.80. The van der Waals surface area contributed by atoms with Crippen LogP contribution in [-0.4, -0.2) is 45.7 Å². The third-order valence-electron chi connectivity index (χ3n) is 3.34. The lowest BCUT2D eigenvalue weighted by molar-refractivity contribution is -0.141. The van der Waals surface area contributed by atoms with Crippen LogP contribution in [0.2, 0.25) is 0 Å². The van der Waals surface area contributed by atoms with Crippen molar-refractivity contribution in [2.45, 2.75) is 38.1 Å². The molecule has 6 heteroatoms. The Kier molecular flexibility index (Phi) is 4.39. The monoisotopic (exact) mass is 284 g/mol. The van der Waals surface area contributed by atoms with Gasteiger partial charge in [0.15, 0.2) is 0 Å². The van der Waals surface area contributed by atoms with Gasteiger partial charge in [-0.05, 0) is 32.6 Å². The van der Waals surface area contributed by atoms with Gasteiger partial charge in [-0.1, -0.05) is 11.6 Å². The van der Waals surface area contributed by atoms with Crippen LogP contribution in [0.3, 0.4) is 0 Å². The highest BCUT2D eigenvalue weighted by Crippen LogP contribution is 2.45. The second kappa shape index (κ2) is 5.86. The number of nitrogens with zero attached hydrogens (tertiary/aromatic N) is 1. The molecule has 2 amide bonds. The molecule has 1 aliphatic heterocycles. The molecule has 106 valence electrons. The minimum Gasteiger partial charge on any atom is -0.480 e. The van der Waals surface area contributed by atoms with Crippen LogP contribution in [0.15, 0.2) is 11.6 Å². The number of carbonyl (C=O) groups is 2. The fraction of sp³-hybridized carbons (Fsp3) is 0.692. The number of carboxylic acids is 1. The van der Waals surface area contributed by atoms with Crippen molar-refractivity contribution in [1.29, 1.82) is 0 Å². The fourth-order valence-corrected chi connectivity index (χ4v) is 3.78. The van der Waals surface area contributed by atoms with Gasteiger partial charge in [-0.25, -0.2) is 9.59 Å². The Labute approximate surface area is 117 Å². The molecule has 1 aliphatic carbocycles. The Hall–Kier alpha value is -1.17. The van der Waals surface area contributed by atoms with Crippen LogP contribution in [0.25, 0.3) is 0 Å². The summed E-state index contributed by atoms with van der Waals surface area (Å²) in [4.78, 5) is 25.0. The molecular weight excluding hydrogens is 264 g/mol. The smallest absolute Gasteiger partial charge is 0.327 e. The highest BCUT2D eigenvalue weighted by molar-refractivity contribution is 8.00. The van der Waals surface area contributed by atoms with Gasteiger partial charge in [-0.3, -0.25) is 4.90 Å². The predicted octanol–water partition coefficient (Wildman–Crippen LogP) is 1.90. The summed E-state index contributed by atoms with van der Waals surface area (Å²) < 4.78 is 0. The quantitative estimate of drug-likeness (QED) is 0.774. The van der Waals surface area contributed by atoms with Crippen LogP contribution in [0.5, 0.6) is 0 Å². The zero-order valence-corrected chi connectivity index (χ0v) is 12.1. The molecule has 0 bridgehead atoms. The molecule has 19 heavy (non-hydrogen) atoms. The van der Waals surface area contributed by atoms with Gasteiger partial charge < -0.3 is 10.4 Å². The minimum atomic E-state index is -0.909. The van der Waals surface area contributed by atoms with E-state index in [4.69, 9.17) is 0 Å². The summed E-state index contributed by atoms with van der Waals surface area (Å²) in [7, 11) is 0. The number of urea groups is 1. The maximum atomic E-state index is 12.2. The Bertz CT molecular complexity index is 403. The largest absolute Gasteiger partial charge is 0.480 e. The van der Waals surface area contributed by atoms with Crippen LogP contribution in [0.4, 0.5) is 4.79 Å². The number of amides is 2. The Balaban J connectivity index is 2.01. The normalized spacial score (nSPS) is 26.1. The number of hydrogen-bond acceptors (Lipinski definition) is 3. The molecule has 2 unspecified atom stereocenters. The summed E-state index contributed by atoms with van der Waals surface area (Å²) in [6.45, 7) is 4.38. The number of aliphatic carboxylic acids is 1. The second-order valence-electron chi connectivity index (χ2n) is 5.29. The molecule has 0 aromatic rings. The number of carbonyl (C=O) groups excluding carboxylic acids is 1. The lowest BCUT2D eigenvalue weighted by Gasteiger charge is -2.27. The maximum absolute atomic E-state index is 12.2. The number of carboxylic acid groups (broad SMARTS) is 1. The standard InChI is InChI=1S/C13H20N2O3S/c1-8(2)5-6-14-13(18)15-10(12(16)17)7-19-11(15)9-3-4-9/h5,9-11H,3-4,6-7H2,1-2H3,(H,14,18)(H,16,17). The number of allylic oxidation sites excluding steroid dienone is 1. The molecule has 0 aromatic heterocycles. The lowest BCUT2D eigenvalue weighted by Crippen LogP contribution is -2.50. The van der Waals surface area contributed by atoms with Gasteiger partial charge >= 0.3 is 12.0 Å². The highest BCUT2D eigenvalue weighted by atomic mass is 32.2. The summed E-state index contributed by atoms with van der Waals surface area (Å²) in [6, 6.07) is -0.950. The first-order valence-corrected chi connectivity index (χ1v) is 7.59. The summed E-state index contributed by atoms with van der Waals surface area (Å²) in [5.74, 6) is 0.0589. The minimum absolute atomic E-state index is 0.0350. The molecule has 0 aromatic carbocycles. The van der Waals surface area contributed by atoms with Gasteiger partial charge in [0.05, 0.1) is 5.37 Å². The molecule has 0 radical (unpaired) electrons. The zero-order chi connectivity index (χ0) is 14.0. The number of nitrogens with one attached hydrogen (secondary N) is 1. The maximum Gasteiger partial charge on any atom is 0.327 e. The van der Waals surface area contributed by atoms with E-state index in [1.807, 2.05) is 19.9 Å². The Morgan fingerprint density at radius 1 is 1.42 bits per heavy atom. The van der Waals surface area contributed by atoms with E-state index in [0.29, 0.717) is 18.2 Å². The molecule has 0 spiro atoms. The van der Waals surface area contributed by atoms with Gasteiger partial charge in [0.2, 0.25) is 0 Å². The van der Waals surface area contributed by atoms with E-state index >= 15 is 0 Å². The van der Waals surface area contributed by atoms with Gasteiger partial charge in [-0.15, -0.1) is 11.8 Å². The average Bonchev–Trinajstić information content (AvgIpc) is 3.06. The van der Waals surface area contributed by atoms with Crippen molar-refractivity contribution < 1.29 is 14.7 Å². The molecular formula is C13H20N2O3S. The van der Waals surface area contributed by atoms with Gasteiger partial charge in [-0.2, -0.15) is 0 Å². The summed E-state index contributed by atoms with van der Waals surface area (Å²) >= 11 is 1.59. The van der Waals surface area contributed by atoms with Crippen molar-refractivity contribution in [3.8, 4) is 0 Å². The van der Waals surface area contributed by atoms with E-state index in [1.165, 1.54) is 4.90 Å². The van der Waals surface area contributed by atoms with E-state index in [0.717, 1.165) is 18.4 Å². The molecule has 1 saturated heterocycles. The lowest BCUT2D eigenvalue weighted by atomic mass is 10.2. The molecule has 2 N–H and O–H groups in total. The van der Waals surface area contributed by atoms with Crippen molar-refractivity contribution >= 4 is 23.8 Å². The number of hydrogen-bond donors (Lipinski definition) is 2. The van der Waals surface area contributed by atoms with Crippen LogP contribution in [0.1, 0.15) is 26.7 Å². The van der Waals surface area contributed by atoms with Gasteiger partial charge in [0.25, 0.3) is 0 Å². The van der Waals surface area contributed by atoms with E-state index < -0.39 is 12.0 Å². The van der Waals surface area contributed by atoms with E-state index in [-0.39, 0.29) is 11.4 Å². The molecule has 1 saturated carbocycles. The van der Waals surface area contributed by atoms with Gasteiger partial charge in [0.1, 0.15) is 6.04 Å². The van der Waals surface area contributed by atoms with Crippen LogP contribution in [0, 0.1) is 5.92 Å². The summed E-state index contributed by atoms with van der Waals surface area (Å²) in [6.07, 6.45) is 4.12. The third kappa shape index (κ3) is 3.43.